The van der Waals surface area contributed by atoms with E-state index in [0.29, 0.717) is 0 Å². The second kappa shape index (κ2) is 23.0. The van der Waals surface area contributed by atoms with Gasteiger partial charge in [0.2, 0.25) is 0 Å². The van der Waals surface area contributed by atoms with Crippen molar-refractivity contribution < 1.29 is 30.3 Å². The van der Waals surface area contributed by atoms with E-state index in [0.717, 1.165) is 6.92 Å². The third-order valence-corrected chi connectivity index (χ3v) is 12.4. The van der Waals surface area contributed by atoms with Gasteiger partial charge in [-0.3, -0.25) is 4.79 Å². The fourth-order valence-corrected chi connectivity index (χ4v) is 10.1. The summed E-state index contributed by atoms with van der Waals surface area (Å²) < 4.78 is 0. The maximum atomic E-state index is 9.00. The van der Waals surface area contributed by atoms with Crippen molar-refractivity contribution in [1.82, 2.24) is 0 Å². The molecule has 0 saturated heterocycles. The molecule has 0 aromatic heterocycles. The van der Waals surface area contributed by atoms with Crippen LogP contribution < -0.4 is 31.8 Å². The van der Waals surface area contributed by atoms with Gasteiger partial charge < -0.3 is 5.11 Å². The molecule has 1 N–H and O–H groups in total. The quantitative estimate of drug-likeness (QED) is 0.106. The number of hydrogen-bond acceptors (Lipinski definition) is 1. The molecule has 5 heteroatoms. The van der Waals surface area contributed by atoms with Crippen molar-refractivity contribution in [3.8, 4) is 0 Å². The first kappa shape index (κ1) is 39.0. The van der Waals surface area contributed by atoms with Crippen LogP contribution in [0.2, 0.25) is 0 Å². The van der Waals surface area contributed by atoms with E-state index in [9.17, 15) is 0 Å². The van der Waals surface area contributed by atoms with Gasteiger partial charge in [0, 0.05) is 27.3 Å². The molecule has 7 aromatic rings. The molecule has 2 nitrogen and oxygen atoms in total. The van der Waals surface area contributed by atoms with Crippen LogP contribution in [0, 0.1) is 6.07 Å². The number of carboxylic acids is 1. The zero-order chi connectivity index (χ0) is 33.7. The molecular formula is C44H41O2P2Pd+. The SMILES string of the molecule is CC(=O)O.[Pd].[c-]1ccccc1.c1ccc([PH+](c2ccccc2)c2ccccc2)cc1.c1ccc([PH+](c2ccccc2)c2ccccc2)cc1. The number of carbonyl (C=O) groups is 1. The minimum Gasteiger partial charge on any atom is -0.481 e. The van der Waals surface area contributed by atoms with Crippen molar-refractivity contribution in [3.05, 3.63) is 218 Å². The summed E-state index contributed by atoms with van der Waals surface area (Å²) in [6.45, 7) is 1.08. The molecule has 0 aliphatic heterocycles. The zero-order valence-electron chi connectivity index (χ0n) is 27.4. The third-order valence-electron chi connectivity index (χ3n) is 6.98. The monoisotopic (exact) mass is 769 g/mol. The summed E-state index contributed by atoms with van der Waals surface area (Å²) in [5.41, 5.74) is 0. The maximum Gasteiger partial charge on any atom is 0.300 e. The van der Waals surface area contributed by atoms with E-state index in [4.69, 9.17) is 9.90 Å². The molecule has 7 aromatic carbocycles. The van der Waals surface area contributed by atoms with Crippen LogP contribution in [0.3, 0.4) is 0 Å². The molecule has 0 radical (unpaired) electrons. The number of carboxylic acid groups (broad SMARTS) is 1. The van der Waals surface area contributed by atoms with Gasteiger partial charge >= 0.3 is 0 Å². The summed E-state index contributed by atoms with van der Waals surface area (Å²) in [6.07, 6.45) is 0. The van der Waals surface area contributed by atoms with E-state index in [1.54, 1.807) is 0 Å². The summed E-state index contributed by atoms with van der Waals surface area (Å²) >= 11 is 0. The Bertz CT molecular complexity index is 1490. The first-order valence-corrected chi connectivity index (χ1v) is 18.8. The summed E-state index contributed by atoms with van der Waals surface area (Å²) in [7, 11) is -1.75. The van der Waals surface area contributed by atoms with Crippen LogP contribution >= 0.6 is 15.8 Å². The summed E-state index contributed by atoms with van der Waals surface area (Å²) in [4.78, 5) is 9.00. The van der Waals surface area contributed by atoms with Gasteiger partial charge in [-0.1, -0.05) is 109 Å². The number of aliphatic carboxylic acids is 1. The van der Waals surface area contributed by atoms with Crippen LogP contribution in [-0.2, 0) is 25.2 Å². The smallest absolute Gasteiger partial charge is 0.300 e. The summed E-state index contributed by atoms with van der Waals surface area (Å²) in [5.74, 6) is -0.833. The van der Waals surface area contributed by atoms with Crippen molar-refractivity contribution >= 4 is 53.6 Å². The second-order valence-corrected chi connectivity index (χ2v) is 15.5. The van der Waals surface area contributed by atoms with Crippen molar-refractivity contribution in [2.75, 3.05) is 0 Å². The van der Waals surface area contributed by atoms with Crippen LogP contribution in [0.5, 0.6) is 0 Å². The molecule has 7 rings (SSSR count). The molecule has 248 valence electrons. The fourth-order valence-electron chi connectivity index (χ4n) is 4.97. The average molecular weight is 770 g/mol. The zero-order valence-corrected chi connectivity index (χ0v) is 30.9. The Morgan fingerprint density at radius 1 is 0.388 bits per heavy atom. The van der Waals surface area contributed by atoms with Crippen LogP contribution in [0.15, 0.2) is 212 Å². The summed E-state index contributed by atoms with van der Waals surface area (Å²) in [5, 5.41) is 16.0. The molecule has 0 atom stereocenters. The number of rotatable bonds is 6. The largest absolute Gasteiger partial charge is 0.481 e. The average Bonchev–Trinajstić information content (AvgIpc) is 3.16. The van der Waals surface area contributed by atoms with E-state index in [-0.39, 0.29) is 20.4 Å². The van der Waals surface area contributed by atoms with Crippen molar-refractivity contribution in [2.24, 2.45) is 0 Å². The van der Waals surface area contributed by atoms with Gasteiger partial charge in [0.15, 0.2) is 0 Å². The fraction of sp³-hybridized carbons (Fsp3) is 0.0227. The van der Waals surface area contributed by atoms with Gasteiger partial charge in [-0.2, -0.15) is 36.4 Å². The van der Waals surface area contributed by atoms with Gasteiger partial charge in [-0.25, -0.2) is 0 Å². The predicted molar refractivity (Wildman–Crippen MR) is 212 cm³/mol. The standard InChI is InChI=1S/2C18H15P.C6H5.C2H4O2.Pd/c2*1-4-10-16(11-5-1)19(17-12-6-2-7-13-17)18-14-8-3-9-15-18;1-2-4-6-5-3-1;1-2(3)4;/h2*1-15H;1-5H;1H3,(H,3,4);/q;;-1;;/p+2. The second-order valence-electron chi connectivity index (χ2n) is 10.5. The molecule has 0 saturated carbocycles. The number of hydrogen-bond donors (Lipinski definition) is 1. The molecule has 0 fully saturated rings. The van der Waals surface area contributed by atoms with E-state index >= 15 is 0 Å². The van der Waals surface area contributed by atoms with E-state index in [1.165, 1.54) is 31.8 Å². The van der Waals surface area contributed by atoms with Crippen LogP contribution in [0.4, 0.5) is 0 Å². The third kappa shape index (κ3) is 13.9. The van der Waals surface area contributed by atoms with E-state index in [2.05, 4.69) is 188 Å². The number of benzene rings is 7. The van der Waals surface area contributed by atoms with Crippen LogP contribution in [0.1, 0.15) is 6.92 Å². The molecule has 49 heavy (non-hydrogen) atoms. The van der Waals surface area contributed by atoms with Crippen molar-refractivity contribution in [3.63, 3.8) is 0 Å². The molecule has 0 spiro atoms. The van der Waals surface area contributed by atoms with E-state index in [1.807, 2.05) is 30.3 Å². The minimum atomic E-state index is -0.877. The molecule has 0 unspecified atom stereocenters. The topological polar surface area (TPSA) is 37.3 Å². The molecule has 0 bridgehead atoms. The predicted octanol–water partition coefficient (Wildman–Crippen LogP) is 7.93. The molecule has 0 heterocycles. The van der Waals surface area contributed by atoms with Crippen molar-refractivity contribution in [2.45, 2.75) is 6.92 Å². The Kier molecular flexibility index (Phi) is 18.3. The van der Waals surface area contributed by atoms with Gasteiger partial charge in [0.1, 0.15) is 31.8 Å². The first-order valence-electron chi connectivity index (χ1n) is 15.8. The van der Waals surface area contributed by atoms with Gasteiger partial charge in [-0.15, -0.1) is 0 Å². The normalized spacial score (nSPS) is 9.69. The van der Waals surface area contributed by atoms with Crippen molar-refractivity contribution in [1.29, 1.82) is 0 Å². The van der Waals surface area contributed by atoms with Crippen LogP contribution in [-0.4, -0.2) is 11.1 Å². The molecule has 0 amide bonds. The Labute approximate surface area is 307 Å². The van der Waals surface area contributed by atoms with Gasteiger partial charge in [0.25, 0.3) is 5.97 Å². The Morgan fingerprint density at radius 3 is 0.673 bits per heavy atom. The Balaban J connectivity index is 0.000000205. The Hall–Kier alpha value is -4.47. The molecule has 0 aliphatic carbocycles. The van der Waals surface area contributed by atoms with Crippen LogP contribution in [0.25, 0.3) is 0 Å². The van der Waals surface area contributed by atoms with Gasteiger partial charge in [-0.05, 0) is 72.8 Å². The van der Waals surface area contributed by atoms with E-state index < -0.39 is 21.8 Å². The first-order chi connectivity index (χ1) is 23.6. The molecular weight excluding hydrogens is 729 g/mol. The molecule has 0 aliphatic rings. The maximum absolute atomic E-state index is 9.00. The Morgan fingerprint density at radius 2 is 0.551 bits per heavy atom. The minimum absolute atomic E-state index is 0. The van der Waals surface area contributed by atoms with Gasteiger partial charge in [0.05, 0.1) is 15.8 Å². The summed E-state index contributed by atoms with van der Waals surface area (Å²) in [6, 6.07) is 77.5.